The first-order valence-corrected chi connectivity index (χ1v) is 11.8. The molecule has 1 fully saturated rings. The van der Waals surface area contributed by atoms with Gasteiger partial charge in [-0.2, -0.15) is 0 Å². The number of nitrogens with zero attached hydrogens (tertiary/aromatic N) is 2. The maximum atomic E-state index is 13.3. The molecule has 2 heterocycles. The number of carbonyl (C=O) groups is 3. The van der Waals surface area contributed by atoms with E-state index in [2.05, 4.69) is 15.6 Å². The monoisotopic (exact) mass is 468 g/mol. The normalized spacial score (nSPS) is 19.0. The summed E-state index contributed by atoms with van der Waals surface area (Å²) in [6.45, 7) is -0.358. The maximum Gasteiger partial charge on any atom is 0.325 e. The first-order valence-electron chi connectivity index (χ1n) is 11.0. The molecule has 1 atom stereocenters. The van der Waals surface area contributed by atoms with Crippen molar-refractivity contribution in [2.45, 2.75) is 18.4 Å². The summed E-state index contributed by atoms with van der Waals surface area (Å²) in [5.74, 6) is -0.822. The molecule has 1 unspecified atom stereocenters. The minimum absolute atomic E-state index is 0.358. The average Bonchev–Trinajstić information content (AvgIpc) is 3.51. The van der Waals surface area contributed by atoms with E-state index < -0.39 is 17.5 Å². The van der Waals surface area contributed by atoms with E-state index in [1.807, 2.05) is 66.7 Å². The van der Waals surface area contributed by atoms with Gasteiger partial charge in [0.05, 0.1) is 15.9 Å². The Bertz CT molecular complexity index is 1450. The minimum atomic E-state index is -1.08. The molecule has 4 amide bonds. The van der Waals surface area contributed by atoms with Gasteiger partial charge in [-0.1, -0.05) is 48.5 Å². The quantitative estimate of drug-likeness (QED) is 0.437. The molecule has 2 aliphatic rings. The van der Waals surface area contributed by atoms with Crippen LogP contribution in [0.25, 0.3) is 20.8 Å². The standard InChI is InChI=1S/C26H20N4O3S/c31-22(15-30-24(32)26(29-25(30)33)14-13-16-7-1-3-9-18(16)26)27-19-10-4-2-8-17(19)23-28-20-11-5-6-12-21(20)34-23/h1-12H,13-15H2,(H,27,31)(H,29,33). The van der Waals surface area contributed by atoms with Gasteiger partial charge < -0.3 is 10.6 Å². The van der Waals surface area contributed by atoms with Gasteiger partial charge >= 0.3 is 6.03 Å². The highest BCUT2D eigenvalue weighted by molar-refractivity contribution is 7.21. The molecular formula is C26H20N4O3S. The number of rotatable bonds is 4. The van der Waals surface area contributed by atoms with Gasteiger partial charge in [0.1, 0.15) is 17.1 Å². The zero-order valence-corrected chi connectivity index (χ0v) is 18.9. The SMILES string of the molecule is O=C(CN1C(=O)NC2(CCc3ccccc32)C1=O)Nc1ccccc1-c1nc2ccccc2s1. The Hall–Kier alpha value is -4.04. The summed E-state index contributed by atoms with van der Waals surface area (Å²) in [6, 6.07) is 22.3. The molecule has 1 spiro atoms. The molecule has 8 heteroatoms. The van der Waals surface area contributed by atoms with Crippen molar-refractivity contribution in [3.63, 3.8) is 0 Å². The number of amides is 4. The molecular weight excluding hydrogens is 448 g/mol. The molecule has 168 valence electrons. The Morgan fingerprint density at radius 2 is 1.79 bits per heavy atom. The molecule has 0 radical (unpaired) electrons. The Morgan fingerprint density at radius 1 is 1.03 bits per heavy atom. The Kier molecular flexibility index (Phi) is 4.70. The second-order valence-corrected chi connectivity index (χ2v) is 9.50. The molecule has 1 aliphatic heterocycles. The fourth-order valence-electron chi connectivity index (χ4n) is 4.83. The van der Waals surface area contributed by atoms with Gasteiger partial charge in [0, 0.05) is 5.56 Å². The molecule has 4 aromatic rings. The van der Waals surface area contributed by atoms with Gasteiger partial charge in [-0.05, 0) is 48.2 Å². The first-order chi connectivity index (χ1) is 16.5. The van der Waals surface area contributed by atoms with Crippen LogP contribution in [0, 0.1) is 0 Å². The zero-order valence-electron chi connectivity index (χ0n) is 18.1. The number of hydrogen-bond acceptors (Lipinski definition) is 5. The largest absolute Gasteiger partial charge is 0.325 e. The van der Waals surface area contributed by atoms with Crippen LogP contribution in [-0.4, -0.2) is 34.3 Å². The molecule has 1 aromatic heterocycles. The Labute approximate surface area is 199 Å². The van der Waals surface area contributed by atoms with E-state index >= 15 is 0 Å². The number of aromatic nitrogens is 1. The van der Waals surface area contributed by atoms with E-state index in [4.69, 9.17) is 0 Å². The van der Waals surface area contributed by atoms with Gasteiger partial charge in [0.15, 0.2) is 0 Å². The topological polar surface area (TPSA) is 91.4 Å². The molecule has 0 bridgehead atoms. The van der Waals surface area contributed by atoms with Gasteiger partial charge in [-0.25, -0.2) is 9.78 Å². The summed E-state index contributed by atoms with van der Waals surface area (Å²) in [4.78, 5) is 44.7. The molecule has 0 saturated carbocycles. The number of thiazole rings is 1. The number of benzene rings is 3. The fourth-order valence-corrected chi connectivity index (χ4v) is 5.84. The lowest BCUT2D eigenvalue weighted by molar-refractivity contribution is -0.134. The van der Waals surface area contributed by atoms with Crippen molar-refractivity contribution < 1.29 is 14.4 Å². The lowest BCUT2D eigenvalue weighted by Crippen LogP contribution is -2.43. The molecule has 34 heavy (non-hydrogen) atoms. The third kappa shape index (κ3) is 3.18. The van der Waals surface area contributed by atoms with Crippen LogP contribution >= 0.6 is 11.3 Å². The number of carbonyl (C=O) groups excluding carboxylic acids is 3. The predicted octanol–water partition coefficient (Wildman–Crippen LogP) is 4.30. The summed E-state index contributed by atoms with van der Waals surface area (Å²) in [5, 5.41) is 6.51. The lowest BCUT2D eigenvalue weighted by atomic mass is 9.92. The third-order valence-electron chi connectivity index (χ3n) is 6.45. The highest BCUT2D eigenvalue weighted by Gasteiger charge is 2.55. The zero-order chi connectivity index (χ0) is 23.3. The lowest BCUT2D eigenvalue weighted by Gasteiger charge is -2.22. The van der Waals surface area contributed by atoms with Crippen molar-refractivity contribution in [2.75, 3.05) is 11.9 Å². The second-order valence-electron chi connectivity index (χ2n) is 8.46. The molecule has 7 nitrogen and oxygen atoms in total. The van der Waals surface area contributed by atoms with E-state index in [0.29, 0.717) is 18.5 Å². The Balaban J connectivity index is 1.24. The van der Waals surface area contributed by atoms with Crippen LogP contribution in [0.4, 0.5) is 10.5 Å². The first kappa shape index (κ1) is 20.6. The van der Waals surface area contributed by atoms with Gasteiger partial charge in [0.25, 0.3) is 5.91 Å². The number of hydrogen-bond donors (Lipinski definition) is 2. The summed E-state index contributed by atoms with van der Waals surface area (Å²) in [5.41, 5.74) is 3.05. The summed E-state index contributed by atoms with van der Waals surface area (Å²) >= 11 is 1.54. The van der Waals surface area contributed by atoms with Crippen LogP contribution in [0.3, 0.4) is 0 Å². The maximum absolute atomic E-state index is 13.3. The van der Waals surface area contributed by atoms with Crippen molar-refractivity contribution in [2.24, 2.45) is 0 Å². The van der Waals surface area contributed by atoms with Crippen LogP contribution in [0.5, 0.6) is 0 Å². The number of para-hydroxylation sites is 2. The van der Waals surface area contributed by atoms with E-state index in [-0.39, 0.29) is 12.5 Å². The Morgan fingerprint density at radius 3 is 2.68 bits per heavy atom. The van der Waals surface area contributed by atoms with Crippen LogP contribution in [0.15, 0.2) is 72.8 Å². The van der Waals surface area contributed by atoms with Crippen molar-refractivity contribution in [3.8, 4) is 10.6 Å². The van der Waals surface area contributed by atoms with Crippen molar-refractivity contribution in [3.05, 3.63) is 83.9 Å². The number of nitrogens with one attached hydrogen (secondary N) is 2. The number of anilines is 1. The smallest absolute Gasteiger partial charge is 0.324 e. The van der Waals surface area contributed by atoms with Gasteiger partial charge in [0.2, 0.25) is 5.91 Å². The van der Waals surface area contributed by atoms with Crippen molar-refractivity contribution in [1.82, 2.24) is 15.2 Å². The third-order valence-corrected chi connectivity index (χ3v) is 7.52. The fraction of sp³-hybridized carbons (Fsp3) is 0.154. The summed E-state index contributed by atoms with van der Waals surface area (Å²) < 4.78 is 1.06. The molecule has 2 N–H and O–H groups in total. The molecule has 1 saturated heterocycles. The average molecular weight is 469 g/mol. The van der Waals surface area contributed by atoms with Crippen LogP contribution in [-0.2, 0) is 21.5 Å². The van der Waals surface area contributed by atoms with Crippen LogP contribution < -0.4 is 10.6 Å². The number of urea groups is 1. The number of aryl methyl sites for hydroxylation is 1. The van der Waals surface area contributed by atoms with E-state index in [1.54, 1.807) is 17.4 Å². The molecule has 3 aromatic carbocycles. The van der Waals surface area contributed by atoms with E-state index in [9.17, 15) is 14.4 Å². The van der Waals surface area contributed by atoms with Crippen LogP contribution in [0.2, 0.25) is 0 Å². The van der Waals surface area contributed by atoms with Crippen LogP contribution in [0.1, 0.15) is 17.5 Å². The van der Waals surface area contributed by atoms with Gasteiger partial charge in [-0.3, -0.25) is 14.5 Å². The van der Waals surface area contributed by atoms with E-state index in [0.717, 1.165) is 36.8 Å². The van der Waals surface area contributed by atoms with E-state index in [1.165, 1.54) is 0 Å². The predicted molar refractivity (Wildman–Crippen MR) is 130 cm³/mol. The minimum Gasteiger partial charge on any atom is -0.324 e. The number of fused-ring (bicyclic) bond motifs is 3. The molecule has 1 aliphatic carbocycles. The second kappa shape index (κ2) is 7.78. The summed E-state index contributed by atoms with van der Waals surface area (Å²) in [6.07, 6.45) is 1.20. The number of imide groups is 1. The van der Waals surface area contributed by atoms with Crippen molar-refractivity contribution in [1.29, 1.82) is 0 Å². The van der Waals surface area contributed by atoms with Gasteiger partial charge in [-0.15, -0.1) is 11.3 Å². The van der Waals surface area contributed by atoms with Crippen molar-refractivity contribution >= 4 is 45.1 Å². The highest BCUT2D eigenvalue weighted by Crippen LogP contribution is 2.41. The molecule has 6 rings (SSSR count). The highest BCUT2D eigenvalue weighted by atomic mass is 32.1. The summed E-state index contributed by atoms with van der Waals surface area (Å²) in [7, 11) is 0.